The molecule has 1 fully saturated rings. The van der Waals surface area contributed by atoms with Gasteiger partial charge < -0.3 is 9.80 Å². The number of halogens is 4. The lowest BCUT2D eigenvalue weighted by Crippen LogP contribution is -2.51. The average Bonchev–Trinajstić information content (AvgIpc) is 3.03. The van der Waals surface area contributed by atoms with Gasteiger partial charge in [-0.2, -0.15) is 0 Å². The number of nitrogens with one attached hydrogen (secondary N) is 1. The Morgan fingerprint density at radius 1 is 1.15 bits per heavy atom. The van der Waals surface area contributed by atoms with Gasteiger partial charge in [-0.3, -0.25) is 0 Å². The molecular weight excluding hydrogens is 462 g/mol. The second-order valence-electron chi connectivity index (χ2n) is 8.10. The van der Waals surface area contributed by atoms with Crippen LogP contribution in [0.15, 0.2) is 36.4 Å². The molecule has 2 aromatic carbocycles. The highest BCUT2D eigenvalue weighted by Crippen LogP contribution is 2.31. The van der Waals surface area contributed by atoms with E-state index in [2.05, 4.69) is 4.72 Å². The predicted octanol–water partition coefficient (Wildman–Crippen LogP) is 3.33. The number of alkyl halides is 1. The average molecular weight is 488 g/mol. The van der Waals surface area contributed by atoms with Gasteiger partial charge in [0.1, 0.15) is 23.6 Å². The molecule has 0 aromatic heterocycles. The van der Waals surface area contributed by atoms with Crippen LogP contribution in [0.1, 0.15) is 12.5 Å². The summed E-state index contributed by atoms with van der Waals surface area (Å²) < 4.78 is 84.2. The number of hydrogen-bond acceptors (Lipinski definition) is 3. The number of amides is 2. The fraction of sp³-hybridized carbons (Fsp3) is 0.409. The molecule has 0 spiro atoms. The number of carbonyl (C=O) groups is 1. The molecule has 2 amide bonds. The molecule has 3 rings (SSSR count). The van der Waals surface area contributed by atoms with E-state index < -0.39 is 51.8 Å². The van der Waals surface area contributed by atoms with E-state index in [4.69, 9.17) is 0 Å². The van der Waals surface area contributed by atoms with Crippen molar-refractivity contribution in [2.45, 2.75) is 31.6 Å². The highest BCUT2D eigenvalue weighted by atomic mass is 32.2. The van der Waals surface area contributed by atoms with Gasteiger partial charge in [0.15, 0.2) is 0 Å². The normalized spacial score (nSPS) is 20.8. The zero-order valence-corrected chi connectivity index (χ0v) is 19.2. The number of benzene rings is 2. The Labute approximate surface area is 190 Å². The molecule has 1 saturated heterocycles. The number of sulfonamides is 1. The van der Waals surface area contributed by atoms with Gasteiger partial charge in [-0.1, -0.05) is 18.2 Å². The Morgan fingerprint density at radius 2 is 1.79 bits per heavy atom. The largest absolute Gasteiger partial charge is 0.331 e. The molecule has 180 valence electrons. The number of hydrogen-bond donors (Lipinski definition) is 1. The van der Waals surface area contributed by atoms with E-state index in [1.165, 1.54) is 49.0 Å². The Balaban J connectivity index is 2.02. The van der Waals surface area contributed by atoms with Crippen LogP contribution in [-0.2, 0) is 16.4 Å². The zero-order valence-electron chi connectivity index (χ0n) is 18.4. The van der Waals surface area contributed by atoms with Crippen LogP contribution in [0.3, 0.4) is 0 Å². The van der Waals surface area contributed by atoms with Crippen LogP contribution in [-0.4, -0.2) is 68.9 Å². The lowest BCUT2D eigenvalue weighted by molar-refractivity contribution is 0.161. The minimum Gasteiger partial charge on any atom is -0.331 e. The molecule has 0 saturated carbocycles. The summed E-state index contributed by atoms with van der Waals surface area (Å²) in [5.41, 5.74) is -0.0449. The Hall–Kier alpha value is -2.66. The lowest BCUT2D eigenvalue weighted by atomic mass is 9.95. The van der Waals surface area contributed by atoms with Gasteiger partial charge in [-0.05, 0) is 36.6 Å². The maximum atomic E-state index is 15.4. The maximum absolute atomic E-state index is 15.4. The quantitative estimate of drug-likeness (QED) is 0.636. The number of rotatable bonds is 6. The van der Waals surface area contributed by atoms with Crippen LogP contribution in [0, 0.1) is 17.5 Å². The molecule has 0 radical (unpaired) electrons. The molecule has 0 unspecified atom stereocenters. The number of nitrogens with zero attached hydrogens (tertiary/aromatic N) is 2. The van der Waals surface area contributed by atoms with Gasteiger partial charge in [0.25, 0.3) is 0 Å². The molecule has 11 heteroatoms. The van der Waals surface area contributed by atoms with Gasteiger partial charge in [-0.25, -0.2) is 35.5 Å². The molecule has 0 aliphatic carbocycles. The van der Waals surface area contributed by atoms with Crippen molar-refractivity contribution in [2.24, 2.45) is 0 Å². The molecule has 6 nitrogen and oxygen atoms in total. The van der Waals surface area contributed by atoms with Gasteiger partial charge in [0.05, 0.1) is 24.4 Å². The van der Waals surface area contributed by atoms with Crippen molar-refractivity contribution in [3.63, 3.8) is 0 Å². The van der Waals surface area contributed by atoms with Crippen molar-refractivity contribution < 1.29 is 30.8 Å². The summed E-state index contributed by atoms with van der Waals surface area (Å²) in [5.74, 6) is -2.83. The van der Waals surface area contributed by atoms with E-state index in [9.17, 15) is 26.4 Å². The summed E-state index contributed by atoms with van der Waals surface area (Å²) in [7, 11) is -0.884. The first kappa shape index (κ1) is 25.0. The highest BCUT2D eigenvalue weighted by molar-refractivity contribution is 7.89. The summed E-state index contributed by atoms with van der Waals surface area (Å²) in [6.07, 6.45) is -1.92. The molecule has 1 aliphatic heterocycles. The van der Waals surface area contributed by atoms with E-state index in [1.54, 1.807) is 0 Å². The van der Waals surface area contributed by atoms with E-state index in [1.807, 2.05) is 0 Å². The van der Waals surface area contributed by atoms with Crippen LogP contribution in [0.2, 0.25) is 0 Å². The van der Waals surface area contributed by atoms with Gasteiger partial charge in [-0.15, -0.1) is 0 Å². The molecule has 2 aromatic rings. The molecule has 0 bridgehead atoms. The van der Waals surface area contributed by atoms with Crippen molar-refractivity contribution >= 4 is 16.1 Å². The fourth-order valence-corrected chi connectivity index (χ4v) is 4.81. The number of likely N-dealkylation sites (tertiary alicyclic amines) is 1. The summed E-state index contributed by atoms with van der Waals surface area (Å²) in [6, 6.07) is 4.01. The van der Waals surface area contributed by atoms with Crippen molar-refractivity contribution in [2.75, 3.05) is 26.4 Å². The maximum Gasteiger partial charge on any atom is 0.319 e. The molecule has 1 N–H and O–H groups in total. The van der Waals surface area contributed by atoms with Gasteiger partial charge in [0, 0.05) is 25.7 Å². The smallest absolute Gasteiger partial charge is 0.319 e. The standard InChI is InChI=1S/C22H25F4N3O3S/c1-4-33(31,32)27-21-18(25)12-29(22(30)28(2)3)19(21)10-13-6-5-7-17(20(13)26)14-8-15(23)11-16(24)9-14/h5-9,11,18-19,21,27H,4,10,12H2,1-3H3/t18-,19-,21-/m0/s1. The van der Waals surface area contributed by atoms with Crippen LogP contribution < -0.4 is 4.72 Å². The van der Waals surface area contributed by atoms with Crippen LogP contribution in [0.5, 0.6) is 0 Å². The number of carbonyl (C=O) groups excluding carboxylic acids is 1. The third kappa shape index (κ3) is 5.47. The van der Waals surface area contributed by atoms with Gasteiger partial charge >= 0.3 is 6.03 Å². The van der Waals surface area contributed by atoms with Crippen molar-refractivity contribution in [1.82, 2.24) is 14.5 Å². The van der Waals surface area contributed by atoms with E-state index in [0.717, 1.165) is 12.1 Å². The lowest BCUT2D eigenvalue weighted by Gasteiger charge is -2.30. The minimum absolute atomic E-state index is 0.0221. The highest BCUT2D eigenvalue weighted by Gasteiger charge is 2.46. The minimum atomic E-state index is -3.82. The van der Waals surface area contributed by atoms with E-state index >= 15 is 4.39 Å². The molecule has 1 heterocycles. The van der Waals surface area contributed by atoms with E-state index in [0.29, 0.717) is 6.07 Å². The van der Waals surface area contributed by atoms with E-state index in [-0.39, 0.29) is 35.4 Å². The predicted molar refractivity (Wildman–Crippen MR) is 116 cm³/mol. The SMILES string of the molecule is CCS(=O)(=O)N[C@H]1[C@@H](F)CN(C(=O)N(C)C)[C@H]1Cc1cccc(-c2cc(F)cc(F)c2)c1F. The Bertz CT molecular complexity index is 1120. The van der Waals surface area contributed by atoms with Crippen LogP contribution in [0.4, 0.5) is 22.4 Å². The second kappa shape index (κ2) is 9.68. The third-order valence-electron chi connectivity index (χ3n) is 5.58. The third-order valence-corrected chi connectivity index (χ3v) is 6.97. The first-order valence-corrected chi connectivity index (χ1v) is 11.9. The van der Waals surface area contributed by atoms with Crippen molar-refractivity contribution in [3.05, 3.63) is 59.4 Å². The topological polar surface area (TPSA) is 69.7 Å². The summed E-state index contributed by atoms with van der Waals surface area (Å²) in [4.78, 5) is 15.0. The molecule has 3 atom stereocenters. The second-order valence-corrected chi connectivity index (χ2v) is 10.1. The first-order valence-electron chi connectivity index (χ1n) is 10.3. The van der Waals surface area contributed by atoms with Gasteiger partial charge in [0.2, 0.25) is 10.0 Å². The van der Waals surface area contributed by atoms with Crippen LogP contribution >= 0.6 is 0 Å². The monoisotopic (exact) mass is 487 g/mol. The molecule has 1 aliphatic rings. The van der Waals surface area contributed by atoms with Crippen molar-refractivity contribution in [1.29, 1.82) is 0 Å². The summed E-state index contributed by atoms with van der Waals surface area (Å²) >= 11 is 0. The molecular formula is C22H25F4N3O3S. The zero-order chi connectivity index (χ0) is 24.5. The Morgan fingerprint density at radius 3 is 2.36 bits per heavy atom. The summed E-state index contributed by atoms with van der Waals surface area (Å²) in [5, 5.41) is 0. The first-order chi connectivity index (χ1) is 15.4. The van der Waals surface area contributed by atoms with Crippen molar-refractivity contribution in [3.8, 4) is 11.1 Å². The van der Waals surface area contributed by atoms with Crippen LogP contribution in [0.25, 0.3) is 11.1 Å². The molecule has 33 heavy (non-hydrogen) atoms. The number of urea groups is 1. The Kier molecular flexibility index (Phi) is 7.32. The summed E-state index contributed by atoms with van der Waals surface area (Å²) in [6.45, 7) is 1.03. The fourth-order valence-electron chi connectivity index (χ4n) is 3.92.